The van der Waals surface area contributed by atoms with Gasteiger partial charge in [0, 0.05) is 42.5 Å². The number of fused-ring (bicyclic) bond motifs is 1. The number of aryl methyl sites for hydroxylation is 1. The molecule has 0 unspecified atom stereocenters. The summed E-state index contributed by atoms with van der Waals surface area (Å²) < 4.78 is 1.14. The average Bonchev–Trinajstić information content (AvgIpc) is 2.61. The van der Waals surface area contributed by atoms with Crippen molar-refractivity contribution in [1.82, 2.24) is 9.97 Å². The lowest BCUT2D eigenvalue weighted by atomic mass is 10.00. The maximum atomic E-state index is 8.92. The van der Waals surface area contributed by atoms with Gasteiger partial charge >= 0.3 is 0 Å². The highest BCUT2D eigenvalue weighted by molar-refractivity contribution is 9.10. The van der Waals surface area contributed by atoms with E-state index in [1.807, 2.05) is 0 Å². The molecule has 0 bridgehead atoms. The summed E-state index contributed by atoms with van der Waals surface area (Å²) in [6, 6.07) is 8.59. The van der Waals surface area contributed by atoms with Gasteiger partial charge in [-0.15, -0.1) is 0 Å². The Hall–Kier alpha value is -1.66. The van der Waals surface area contributed by atoms with Gasteiger partial charge in [0.05, 0.1) is 0 Å². The third-order valence-corrected chi connectivity index (χ3v) is 4.74. The largest absolute Gasteiger partial charge is 0.396 e. The second-order valence-corrected chi connectivity index (χ2v) is 6.90. The Kier molecular flexibility index (Phi) is 5.68. The number of benzene rings is 1. The molecule has 3 rings (SSSR count). The van der Waals surface area contributed by atoms with E-state index in [-0.39, 0.29) is 6.61 Å². The molecule has 5 nitrogen and oxygen atoms in total. The van der Waals surface area contributed by atoms with Crippen molar-refractivity contribution in [3.8, 4) is 0 Å². The van der Waals surface area contributed by atoms with Crippen LogP contribution in [0.5, 0.6) is 0 Å². The van der Waals surface area contributed by atoms with Crippen LogP contribution in [0.4, 0.5) is 11.8 Å². The van der Waals surface area contributed by atoms with Gasteiger partial charge in [0.25, 0.3) is 0 Å². The maximum absolute atomic E-state index is 8.92. The molecule has 2 aromatic rings. The lowest BCUT2D eigenvalue weighted by Crippen LogP contribution is -2.31. The predicted octanol–water partition coefficient (Wildman–Crippen LogP) is 3.16. The Bertz CT molecular complexity index is 707. The first-order chi connectivity index (χ1) is 11.7. The minimum atomic E-state index is 0.172. The number of hydrogen-bond donors (Lipinski definition) is 2. The van der Waals surface area contributed by atoms with Gasteiger partial charge in [-0.25, -0.2) is 4.98 Å². The number of halogens is 1. The van der Waals surface area contributed by atoms with Gasteiger partial charge < -0.3 is 15.3 Å². The third-order valence-electron chi connectivity index (χ3n) is 4.25. The fraction of sp³-hybridized carbons (Fsp3) is 0.444. The van der Waals surface area contributed by atoms with E-state index >= 15 is 0 Å². The van der Waals surface area contributed by atoms with Crippen molar-refractivity contribution in [2.24, 2.45) is 0 Å². The average molecular weight is 391 g/mol. The van der Waals surface area contributed by atoms with Crippen LogP contribution in [0.15, 0.2) is 28.7 Å². The van der Waals surface area contributed by atoms with E-state index in [9.17, 15) is 0 Å². The molecule has 0 amide bonds. The van der Waals surface area contributed by atoms with E-state index < -0.39 is 0 Å². The first kappa shape index (κ1) is 17.2. The molecule has 0 saturated heterocycles. The second-order valence-electron chi connectivity index (χ2n) is 5.98. The van der Waals surface area contributed by atoms with Gasteiger partial charge in [0.2, 0.25) is 5.95 Å². The van der Waals surface area contributed by atoms with E-state index in [2.05, 4.69) is 67.3 Å². The van der Waals surface area contributed by atoms with Gasteiger partial charge in [0.1, 0.15) is 5.82 Å². The van der Waals surface area contributed by atoms with Crippen LogP contribution < -0.4 is 10.2 Å². The van der Waals surface area contributed by atoms with E-state index in [4.69, 9.17) is 5.11 Å². The van der Waals surface area contributed by atoms with Gasteiger partial charge in [-0.3, -0.25) is 0 Å². The zero-order valence-electron chi connectivity index (χ0n) is 13.9. The molecule has 0 aliphatic carbocycles. The maximum Gasteiger partial charge on any atom is 0.224 e. The smallest absolute Gasteiger partial charge is 0.224 e. The van der Waals surface area contributed by atoms with Crippen LogP contribution >= 0.6 is 15.9 Å². The number of aliphatic hydroxyl groups is 1. The molecule has 1 aromatic heterocycles. The van der Waals surface area contributed by atoms with Crippen molar-refractivity contribution >= 4 is 27.7 Å². The molecule has 0 radical (unpaired) electrons. The number of nitrogens with one attached hydrogen (secondary N) is 1. The summed E-state index contributed by atoms with van der Waals surface area (Å²) in [6.07, 6.45) is 2.59. The van der Waals surface area contributed by atoms with Crippen LogP contribution in [0.2, 0.25) is 0 Å². The second kappa shape index (κ2) is 7.94. The highest BCUT2D eigenvalue weighted by Crippen LogP contribution is 2.26. The number of nitrogens with zero attached hydrogens (tertiary/aromatic N) is 3. The highest BCUT2D eigenvalue weighted by atomic mass is 79.9. The summed E-state index contributed by atoms with van der Waals surface area (Å²) in [4.78, 5) is 11.5. The first-order valence-electron chi connectivity index (χ1n) is 8.44. The summed E-state index contributed by atoms with van der Waals surface area (Å²) in [5.41, 5.74) is 3.80. The van der Waals surface area contributed by atoms with E-state index in [0.29, 0.717) is 18.9 Å². The Morgan fingerprint density at radius 2 is 2.12 bits per heavy atom. The minimum Gasteiger partial charge on any atom is -0.396 e. The molecule has 128 valence electrons. The minimum absolute atomic E-state index is 0.172. The molecule has 1 aromatic carbocycles. The number of aromatic nitrogens is 2. The molecule has 6 heteroatoms. The molecule has 0 spiro atoms. The molecule has 1 aliphatic rings. The van der Waals surface area contributed by atoms with Crippen molar-refractivity contribution in [3.05, 3.63) is 45.6 Å². The van der Waals surface area contributed by atoms with Gasteiger partial charge in [0.15, 0.2) is 0 Å². The van der Waals surface area contributed by atoms with Crippen molar-refractivity contribution < 1.29 is 5.11 Å². The lowest BCUT2D eigenvalue weighted by molar-refractivity contribution is 0.292. The number of hydrogen-bond acceptors (Lipinski definition) is 5. The molecule has 1 aliphatic heterocycles. The SMILES string of the molecule is CCc1cc(N2CCc3cc(Br)ccc3C2)nc(NCCCO)n1. The zero-order chi connectivity index (χ0) is 16.9. The number of rotatable bonds is 6. The van der Waals surface area contributed by atoms with Crippen LogP contribution in [-0.4, -0.2) is 34.8 Å². The molecule has 0 atom stereocenters. The Morgan fingerprint density at radius 1 is 1.25 bits per heavy atom. The monoisotopic (exact) mass is 390 g/mol. The standard InChI is InChI=1S/C18H23BrN4O/c1-2-16-11-17(22-18(21-16)20-7-3-9-24)23-8-6-13-10-15(19)5-4-14(13)12-23/h4-5,10-11,24H,2-3,6-9,12H2,1H3,(H,20,21,22). The number of aliphatic hydroxyl groups excluding tert-OH is 1. The lowest BCUT2D eigenvalue weighted by Gasteiger charge is -2.30. The van der Waals surface area contributed by atoms with Crippen LogP contribution in [-0.2, 0) is 19.4 Å². The molecule has 0 saturated carbocycles. The molecular formula is C18H23BrN4O. The Morgan fingerprint density at radius 3 is 2.92 bits per heavy atom. The Balaban J connectivity index is 1.80. The van der Waals surface area contributed by atoms with Crippen LogP contribution in [0.3, 0.4) is 0 Å². The van der Waals surface area contributed by atoms with Crippen LogP contribution in [0, 0.1) is 0 Å². The van der Waals surface area contributed by atoms with E-state index in [1.165, 1.54) is 11.1 Å². The summed E-state index contributed by atoms with van der Waals surface area (Å²) >= 11 is 3.55. The van der Waals surface area contributed by atoms with Crippen molar-refractivity contribution in [2.75, 3.05) is 29.9 Å². The molecular weight excluding hydrogens is 368 g/mol. The van der Waals surface area contributed by atoms with E-state index in [1.54, 1.807) is 0 Å². The zero-order valence-corrected chi connectivity index (χ0v) is 15.5. The first-order valence-corrected chi connectivity index (χ1v) is 9.24. The quantitative estimate of drug-likeness (QED) is 0.741. The number of anilines is 2. The molecule has 0 fully saturated rings. The van der Waals surface area contributed by atoms with Crippen molar-refractivity contribution in [3.63, 3.8) is 0 Å². The van der Waals surface area contributed by atoms with Gasteiger partial charge in [-0.05, 0) is 42.5 Å². The molecule has 24 heavy (non-hydrogen) atoms. The van der Waals surface area contributed by atoms with E-state index in [0.717, 1.165) is 41.9 Å². The highest BCUT2D eigenvalue weighted by Gasteiger charge is 2.19. The van der Waals surface area contributed by atoms with Crippen LogP contribution in [0.25, 0.3) is 0 Å². The topological polar surface area (TPSA) is 61.3 Å². The fourth-order valence-corrected chi connectivity index (χ4v) is 3.31. The van der Waals surface area contributed by atoms with Gasteiger partial charge in [-0.1, -0.05) is 28.9 Å². The third kappa shape index (κ3) is 4.05. The fourth-order valence-electron chi connectivity index (χ4n) is 2.90. The summed E-state index contributed by atoms with van der Waals surface area (Å²) in [6.45, 7) is 4.79. The van der Waals surface area contributed by atoms with Crippen molar-refractivity contribution in [2.45, 2.75) is 32.7 Å². The predicted molar refractivity (Wildman–Crippen MR) is 100 cm³/mol. The van der Waals surface area contributed by atoms with Gasteiger partial charge in [-0.2, -0.15) is 4.98 Å². The van der Waals surface area contributed by atoms with Crippen molar-refractivity contribution in [1.29, 1.82) is 0 Å². The molecule has 2 heterocycles. The molecule has 2 N–H and O–H groups in total. The Labute approximate surface area is 151 Å². The summed E-state index contributed by atoms with van der Waals surface area (Å²) in [5.74, 6) is 1.63. The van der Waals surface area contributed by atoms with Crippen LogP contribution in [0.1, 0.15) is 30.2 Å². The summed E-state index contributed by atoms with van der Waals surface area (Å²) in [5, 5.41) is 12.1. The summed E-state index contributed by atoms with van der Waals surface area (Å²) in [7, 11) is 0. The normalized spacial score (nSPS) is 13.7.